The van der Waals surface area contributed by atoms with E-state index in [4.69, 9.17) is 37.6 Å². The molecule has 3 fully saturated rings. The van der Waals surface area contributed by atoms with E-state index in [0.29, 0.717) is 98.6 Å². The predicted octanol–water partition coefficient (Wildman–Crippen LogP) is 10.1. The summed E-state index contributed by atoms with van der Waals surface area (Å²) in [6, 6.07) is 14.4. The summed E-state index contributed by atoms with van der Waals surface area (Å²) in [5, 5.41) is -0.183. The van der Waals surface area contributed by atoms with Gasteiger partial charge in [-0.15, -0.1) is 0 Å². The third-order valence-electron chi connectivity index (χ3n) is 15.9. The van der Waals surface area contributed by atoms with Crippen molar-refractivity contribution in [2.45, 2.75) is 102 Å². The lowest BCUT2D eigenvalue weighted by Crippen LogP contribution is -2.58. The zero-order chi connectivity index (χ0) is 53.2. The summed E-state index contributed by atoms with van der Waals surface area (Å²) in [7, 11) is 0.522. The van der Waals surface area contributed by atoms with Gasteiger partial charge in [-0.3, -0.25) is 14.5 Å². The summed E-state index contributed by atoms with van der Waals surface area (Å²) in [5.41, 5.74) is 4.47. The smallest absolute Gasteiger partial charge is 0.416 e. The van der Waals surface area contributed by atoms with Gasteiger partial charge in [-0.05, 0) is 104 Å². The Balaban J connectivity index is 0.888. The van der Waals surface area contributed by atoms with Crippen molar-refractivity contribution in [1.82, 2.24) is 9.80 Å². The van der Waals surface area contributed by atoms with Gasteiger partial charge in [0.1, 0.15) is 13.2 Å². The molecular formula is C57H73N5O12Si. The third-order valence-corrected chi connectivity index (χ3v) is 20.3. The molecule has 9 rings (SSSR count). The maximum Gasteiger partial charge on any atom is 0.416 e. The topological polar surface area (TPSA) is 158 Å². The van der Waals surface area contributed by atoms with E-state index in [9.17, 15) is 19.2 Å². The fourth-order valence-electron chi connectivity index (χ4n) is 10.5. The normalized spacial score (nSPS) is 20.8. The lowest BCUT2D eigenvalue weighted by atomic mass is 10.0. The number of carbonyl (C=O) groups is 4. The molecule has 1 spiro atoms. The van der Waals surface area contributed by atoms with Crippen LogP contribution in [-0.2, 0) is 18.6 Å². The van der Waals surface area contributed by atoms with Crippen molar-refractivity contribution in [2.75, 3.05) is 94.7 Å². The molecule has 18 heteroatoms. The Morgan fingerprint density at radius 2 is 1.40 bits per heavy atom. The van der Waals surface area contributed by atoms with Gasteiger partial charge in [0.05, 0.1) is 81.8 Å². The molecule has 1 aliphatic carbocycles. The minimum absolute atomic E-state index is 0.00382. The molecule has 0 radical (unpaired) electrons. The number of fused-ring (bicyclic) bond motifs is 4. The largest absolute Gasteiger partial charge is 0.493 e. The zero-order valence-electron chi connectivity index (χ0n) is 44.7. The van der Waals surface area contributed by atoms with Crippen LogP contribution in [0.4, 0.5) is 26.7 Å². The molecule has 1 saturated carbocycles. The van der Waals surface area contributed by atoms with Gasteiger partial charge in [0, 0.05) is 43.7 Å². The zero-order valence-corrected chi connectivity index (χ0v) is 45.7. The number of methoxy groups -OCH3 is 2. The fourth-order valence-corrected chi connectivity index (χ4v) is 11.7. The Kier molecular flexibility index (Phi) is 15.6. The molecule has 3 aromatic carbocycles. The van der Waals surface area contributed by atoms with E-state index >= 15 is 0 Å². The van der Waals surface area contributed by atoms with E-state index in [1.807, 2.05) is 11.1 Å². The molecule has 3 aromatic rings. The number of hydrogen-bond acceptors (Lipinski definition) is 13. The van der Waals surface area contributed by atoms with Gasteiger partial charge in [-0.25, -0.2) is 14.5 Å². The van der Waals surface area contributed by atoms with E-state index in [0.717, 1.165) is 49.2 Å². The number of amides is 4. The lowest BCUT2D eigenvalue weighted by Gasteiger charge is -2.44. The molecule has 0 aromatic heterocycles. The number of ether oxygens (including phenoxy) is 7. The number of benzene rings is 3. The average Bonchev–Trinajstić information content (AvgIpc) is 3.95. The van der Waals surface area contributed by atoms with Crippen LogP contribution in [0.5, 0.6) is 23.0 Å². The Hall–Kier alpha value is -6.50. The number of hydrogen-bond donors (Lipinski definition) is 0. The minimum atomic E-state index is -2.53. The van der Waals surface area contributed by atoms with Crippen molar-refractivity contribution in [2.24, 2.45) is 5.41 Å². The number of anilines is 3. The van der Waals surface area contributed by atoms with Crippen molar-refractivity contribution in [3.63, 3.8) is 0 Å². The maximum atomic E-state index is 14.7. The van der Waals surface area contributed by atoms with Crippen molar-refractivity contribution in [3.05, 3.63) is 96.7 Å². The van der Waals surface area contributed by atoms with Gasteiger partial charge in [0.2, 0.25) is 0 Å². The fraction of sp³-hybridized carbons (Fsp3) is 0.509. The molecule has 17 nitrogen and oxygen atoms in total. The first-order valence-electron chi connectivity index (χ1n) is 26.3. The highest BCUT2D eigenvalue weighted by Crippen LogP contribution is 2.58. The van der Waals surface area contributed by atoms with Crippen molar-refractivity contribution < 1.29 is 56.8 Å². The molecule has 2 saturated heterocycles. The van der Waals surface area contributed by atoms with Crippen LogP contribution in [0.2, 0.25) is 18.1 Å². The van der Waals surface area contributed by atoms with Crippen LogP contribution in [0.25, 0.3) is 5.57 Å². The first-order chi connectivity index (χ1) is 36.0. The molecule has 0 N–H and O–H groups in total. The molecule has 4 amide bonds. The number of nitrogens with zero attached hydrogens (tertiary/aromatic N) is 5. The van der Waals surface area contributed by atoms with Gasteiger partial charge < -0.3 is 52.3 Å². The SMILES string of the molecule is C=CCOC(=O)N1C[C@@H]2CC(c3ccc(N4CCOCC4)cc3)=CN2C(=O)c2cc(OC)c(OCCCCCOc3cc4c(cc3OC)C(=O)N3CC5(CC5)C[C@H]3C(O[Si](C)(C)C(C)(C)C)N4C(=O)OCC=C)cc21. The van der Waals surface area contributed by atoms with Crippen molar-refractivity contribution in [1.29, 1.82) is 0 Å². The molecule has 5 heterocycles. The van der Waals surface area contributed by atoms with E-state index in [-0.39, 0.29) is 59.7 Å². The van der Waals surface area contributed by atoms with E-state index < -0.39 is 26.7 Å². The van der Waals surface area contributed by atoms with Crippen molar-refractivity contribution >= 4 is 55.0 Å². The van der Waals surface area contributed by atoms with Gasteiger partial charge in [0.25, 0.3) is 11.8 Å². The van der Waals surface area contributed by atoms with Gasteiger partial charge >= 0.3 is 12.2 Å². The summed E-state index contributed by atoms with van der Waals surface area (Å²) >= 11 is 0. The third kappa shape index (κ3) is 11.0. The van der Waals surface area contributed by atoms with Gasteiger partial charge in [0.15, 0.2) is 37.5 Å². The molecular weight excluding hydrogens is 975 g/mol. The molecule has 5 aliphatic heterocycles. The first-order valence-corrected chi connectivity index (χ1v) is 29.2. The Labute approximate surface area is 442 Å². The monoisotopic (exact) mass is 1050 g/mol. The molecule has 0 bridgehead atoms. The summed E-state index contributed by atoms with van der Waals surface area (Å²) < 4.78 is 48.4. The summed E-state index contributed by atoms with van der Waals surface area (Å²) in [4.78, 5) is 66.2. The standard InChI is InChI=1S/C57H73N5O12Si/c1-10-23-72-54(65)60-36-41-29-39(38-15-17-40(18-16-38)58-21-27-69-28-22-58)35-59(41)51(63)42-30-47(67-6)49(32-44(42)60)70-25-13-12-14-26-71-50-33-45-43(31-48(50)68-7)52(64)61-37-57(19-20-57)34-46(61)53(62(45)55(66)73-24-11-2)74-75(8,9)56(3,4)5/h10-11,15-18,30-33,35,41,46,53H,1-2,12-14,19-29,34,36-37H2,3-9H3/t41-,46-,53?/m0/s1. The summed E-state index contributed by atoms with van der Waals surface area (Å²) in [6.07, 6.45) is 8.20. The summed E-state index contributed by atoms with van der Waals surface area (Å²) in [6.45, 7) is 22.7. The number of unbranched alkanes of at least 4 members (excludes halogenated alkanes) is 2. The quantitative estimate of drug-likeness (QED) is 0.0674. The minimum Gasteiger partial charge on any atom is -0.493 e. The molecule has 3 atom stereocenters. The number of morpholine rings is 1. The van der Waals surface area contributed by atoms with Crippen molar-refractivity contribution in [3.8, 4) is 23.0 Å². The first kappa shape index (κ1) is 53.3. The van der Waals surface area contributed by atoms with Crippen LogP contribution in [0.3, 0.4) is 0 Å². The second-order valence-electron chi connectivity index (χ2n) is 21.9. The van der Waals surface area contributed by atoms with Crippen LogP contribution >= 0.6 is 0 Å². The lowest BCUT2D eigenvalue weighted by molar-refractivity contribution is 0.0528. The van der Waals surface area contributed by atoms with E-state index in [1.54, 1.807) is 29.2 Å². The highest BCUT2D eigenvalue weighted by molar-refractivity contribution is 6.74. The Bertz CT molecular complexity index is 2690. The van der Waals surface area contributed by atoms with Gasteiger partial charge in [-0.1, -0.05) is 58.2 Å². The van der Waals surface area contributed by atoms with Crippen LogP contribution in [0.15, 0.2) is 80.0 Å². The molecule has 402 valence electrons. The molecule has 75 heavy (non-hydrogen) atoms. The highest BCUT2D eigenvalue weighted by atomic mass is 28.4. The highest BCUT2D eigenvalue weighted by Gasteiger charge is 2.60. The van der Waals surface area contributed by atoms with E-state index in [1.165, 1.54) is 36.2 Å². The second kappa shape index (κ2) is 22.0. The van der Waals surface area contributed by atoms with Crippen LogP contribution in [0, 0.1) is 5.41 Å². The van der Waals surface area contributed by atoms with Gasteiger partial charge in [-0.2, -0.15) is 0 Å². The van der Waals surface area contributed by atoms with Crippen LogP contribution in [-0.4, -0.2) is 140 Å². The number of carbonyl (C=O) groups excluding carboxylic acids is 4. The van der Waals surface area contributed by atoms with Crippen LogP contribution < -0.4 is 33.6 Å². The number of rotatable bonds is 18. The summed E-state index contributed by atoms with van der Waals surface area (Å²) in [5.74, 6) is 1.03. The van der Waals surface area contributed by atoms with E-state index in [2.05, 4.69) is 76.2 Å². The molecule has 1 unspecified atom stereocenters. The second-order valence-corrected chi connectivity index (χ2v) is 26.6. The molecule has 6 aliphatic rings. The van der Waals surface area contributed by atoms with Crippen LogP contribution in [0.1, 0.15) is 92.0 Å². The average molecular weight is 1050 g/mol. The predicted molar refractivity (Wildman–Crippen MR) is 289 cm³/mol. The Morgan fingerprint density at radius 3 is 1.99 bits per heavy atom. The maximum absolute atomic E-state index is 14.7. The Morgan fingerprint density at radius 1 is 0.800 bits per heavy atom.